The Morgan fingerprint density at radius 2 is 2.11 bits per heavy atom. The molecule has 0 spiro atoms. The topological polar surface area (TPSA) is 63.8 Å². The van der Waals surface area contributed by atoms with Crippen molar-refractivity contribution in [2.24, 2.45) is 0 Å². The lowest BCUT2D eigenvalue weighted by Crippen LogP contribution is -2.11. The average Bonchev–Trinajstić information content (AvgIpc) is 2.80. The molecule has 0 aliphatic carbocycles. The molecular formula is C9H7F3N4OS. The van der Waals surface area contributed by atoms with Gasteiger partial charge in [0.15, 0.2) is 5.69 Å². The van der Waals surface area contributed by atoms with E-state index in [1.807, 2.05) is 0 Å². The molecule has 0 aromatic carbocycles. The normalized spacial score (nSPS) is 11.6. The zero-order valence-electron chi connectivity index (χ0n) is 9.02. The van der Waals surface area contributed by atoms with Crippen molar-refractivity contribution in [1.82, 2.24) is 15.0 Å². The third-order valence-corrected chi connectivity index (χ3v) is 2.61. The second-order valence-electron chi connectivity index (χ2n) is 3.06. The van der Waals surface area contributed by atoms with E-state index < -0.39 is 11.9 Å². The SMILES string of the molecule is CNc1nc(Sc2ncco2)cc(C(F)(F)F)n1. The first-order chi connectivity index (χ1) is 8.49. The molecule has 1 N–H and O–H groups in total. The zero-order chi connectivity index (χ0) is 13.2. The number of hydrogen-bond donors (Lipinski definition) is 1. The minimum Gasteiger partial charge on any atom is -0.440 e. The standard InChI is InChI=1S/C9H7F3N4OS/c1-13-7-15-5(9(10,11)12)4-6(16-7)18-8-14-2-3-17-8/h2-4H,1H3,(H,13,15,16). The number of nitrogens with zero attached hydrogens (tertiary/aromatic N) is 3. The summed E-state index contributed by atoms with van der Waals surface area (Å²) >= 11 is 0.885. The first kappa shape index (κ1) is 12.7. The van der Waals surface area contributed by atoms with E-state index >= 15 is 0 Å². The van der Waals surface area contributed by atoms with Crippen LogP contribution in [0, 0.1) is 0 Å². The summed E-state index contributed by atoms with van der Waals surface area (Å²) in [7, 11) is 1.44. The highest BCUT2D eigenvalue weighted by Gasteiger charge is 2.33. The van der Waals surface area contributed by atoms with Crippen molar-refractivity contribution in [2.75, 3.05) is 12.4 Å². The summed E-state index contributed by atoms with van der Waals surface area (Å²) in [6.45, 7) is 0. The van der Waals surface area contributed by atoms with Gasteiger partial charge in [0.25, 0.3) is 5.22 Å². The van der Waals surface area contributed by atoms with Gasteiger partial charge in [0.2, 0.25) is 5.95 Å². The Morgan fingerprint density at radius 3 is 2.67 bits per heavy atom. The van der Waals surface area contributed by atoms with E-state index in [0.717, 1.165) is 17.8 Å². The van der Waals surface area contributed by atoms with Crippen molar-refractivity contribution < 1.29 is 17.6 Å². The number of aromatic nitrogens is 3. The van der Waals surface area contributed by atoms with E-state index in [-0.39, 0.29) is 16.2 Å². The van der Waals surface area contributed by atoms with Crippen LogP contribution in [-0.2, 0) is 6.18 Å². The summed E-state index contributed by atoms with van der Waals surface area (Å²) in [6, 6.07) is 0.843. The van der Waals surface area contributed by atoms with Crippen LogP contribution >= 0.6 is 11.8 Å². The van der Waals surface area contributed by atoms with Gasteiger partial charge in [-0.2, -0.15) is 13.2 Å². The maximum absolute atomic E-state index is 12.6. The number of hydrogen-bond acceptors (Lipinski definition) is 6. The number of rotatable bonds is 3. The minimum atomic E-state index is -4.53. The van der Waals surface area contributed by atoms with Gasteiger partial charge in [0.1, 0.15) is 11.3 Å². The monoisotopic (exact) mass is 276 g/mol. The van der Waals surface area contributed by atoms with E-state index in [1.165, 1.54) is 19.5 Å². The van der Waals surface area contributed by atoms with Gasteiger partial charge >= 0.3 is 6.18 Å². The lowest BCUT2D eigenvalue weighted by atomic mass is 10.4. The van der Waals surface area contributed by atoms with Gasteiger partial charge in [0.05, 0.1) is 6.20 Å². The fourth-order valence-electron chi connectivity index (χ4n) is 1.08. The van der Waals surface area contributed by atoms with Crippen LogP contribution < -0.4 is 5.32 Å². The molecule has 0 aliphatic rings. The van der Waals surface area contributed by atoms with E-state index in [2.05, 4.69) is 20.3 Å². The maximum Gasteiger partial charge on any atom is 0.433 e. The molecule has 0 atom stereocenters. The molecule has 2 aromatic rings. The molecule has 96 valence electrons. The molecule has 0 saturated heterocycles. The third-order valence-electron chi connectivity index (χ3n) is 1.82. The Kier molecular flexibility index (Phi) is 3.41. The van der Waals surface area contributed by atoms with Gasteiger partial charge in [-0.25, -0.2) is 15.0 Å². The van der Waals surface area contributed by atoms with Crippen LogP contribution in [0.4, 0.5) is 19.1 Å². The molecule has 0 unspecified atom stereocenters. The summed E-state index contributed by atoms with van der Waals surface area (Å²) in [5, 5.41) is 2.79. The van der Waals surface area contributed by atoms with Crippen molar-refractivity contribution in [3.05, 3.63) is 24.2 Å². The first-order valence-corrected chi connectivity index (χ1v) is 5.52. The van der Waals surface area contributed by atoms with E-state index in [0.29, 0.717) is 0 Å². The number of anilines is 1. The lowest BCUT2D eigenvalue weighted by molar-refractivity contribution is -0.141. The fraction of sp³-hybridized carbons (Fsp3) is 0.222. The molecule has 0 saturated carbocycles. The quantitative estimate of drug-likeness (QED) is 0.869. The summed E-state index contributed by atoms with van der Waals surface area (Å²) in [4.78, 5) is 11.0. The number of alkyl halides is 3. The molecule has 0 fully saturated rings. The van der Waals surface area contributed by atoms with Crippen LogP contribution in [0.15, 0.2) is 33.2 Å². The molecule has 5 nitrogen and oxygen atoms in total. The smallest absolute Gasteiger partial charge is 0.433 e. The molecule has 0 bridgehead atoms. The van der Waals surface area contributed by atoms with Crippen molar-refractivity contribution >= 4 is 17.7 Å². The summed E-state index contributed by atoms with van der Waals surface area (Å²) in [5.74, 6) is -0.112. The van der Waals surface area contributed by atoms with Crippen LogP contribution in [0.25, 0.3) is 0 Å². The van der Waals surface area contributed by atoms with E-state index in [9.17, 15) is 13.2 Å². The molecule has 2 rings (SSSR count). The summed E-state index contributed by atoms with van der Waals surface area (Å²) in [5.41, 5.74) is -1.02. The molecule has 2 aromatic heterocycles. The van der Waals surface area contributed by atoms with Crippen molar-refractivity contribution in [3.8, 4) is 0 Å². The highest BCUT2D eigenvalue weighted by molar-refractivity contribution is 7.99. The molecular weight excluding hydrogens is 269 g/mol. The second kappa shape index (κ2) is 4.84. The minimum absolute atomic E-state index is 0.101. The predicted octanol–water partition coefficient (Wildman–Crippen LogP) is 2.68. The first-order valence-electron chi connectivity index (χ1n) is 4.70. The molecule has 9 heteroatoms. The van der Waals surface area contributed by atoms with Gasteiger partial charge in [-0.05, 0) is 11.8 Å². The van der Waals surface area contributed by atoms with E-state index in [4.69, 9.17) is 4.42 Å². The predicted molar refractivity (Wildman–Crippen MR) is 57.2 cm³/mol. The molecule has 2 heterocycles. The zero-order valence-corrected chi connectivity index (χ0v) is 9.84. The van der Waals surface area contributed by atoms with Crippen molar-refractivity contribution in [3.63, 3.8) is 0 Å². The van der Waals surface area contributed by atoms with Crippen LogP contribution in [0.1, 0.15) is 5.69 Å². The Morgan fingerprint density at radius 1 is 1.33 bits per heavy atom. The molecule has 0 radical (unpaired) electrons. The molecule has 0 amide bonds. The second-order valence-corrected chi connectivity index (χ2v) is 4.03. The number of oxazole rings is 1. The third kappa shape index (κ3) is 2.92. The highest BCUT2D eigenvalue weighted by Crippen LogP contribution is 2.32. The Balaban J connectivity index is 2.35. The van der Waals surface area contributed by atoms with Gasteiger partial charge in [0, 0.05) is 13.1 Å². The van der Waals surface area contributed by atoms with Crippen molar-refractivity contribution in [1.29, 1.82) is 0 Å². The Labute approximate surface area is 104 Å². The maximum atomic E-state index is 12.6. The molecule has 0 aliphatic heterocycles. The van der Waals surface area contributed by atoms with Gasteiger partial charge in [-0.15, -0.1) is 0 Å². The number of halogens is 3. The van der Waals surface area contributed by atoms with Crippen LogP contribution in [0.3, 0.4) is 0 Å². The largest absolute Gasteiger partial charge is 0.440 e. The lowest BCUT2D eigenvalue weighted by Gasteiger charge is -2.08. The van der Waals surface area contributed by atoms with Crippen LogP contribution in [0.5, 0.6) is 0 Å². The van der Waals surface area contributed by atoms with Gasteiger partial charge in [-0.3, -0.25) is 0 Å². The van der Waals surface area contributed by atoms with E-state index in [1.54, 1.807) is 0 Å². The highest BCUT2D eigenvalue weighted by atomic mass is 32.2. The fourth-order valence-corrected chi connectivity index (χ4v) is 1.78. The molecule has 18 heavy (non-hydrogen) atoms. The summed E-state index contributed by atoms with van der Waals surface area (Å²) < 4.78 is 42.7. The van der Waals surface area contributed by atoms with Gasteiger partial charge in [-0.1, -0.05) is 0 Å². The van der Waals surface area contributed by atoms with Crippen LogP contribution in [-0.4, -0.2) is 22.0 Å². The van der Waals surface area contributed by atoms with Gasteiger partial charge < -0.3 is 9.73 Å². The van der Waals surface area contributed by atoms with Crippen molar-refractivity contribution in [2.45, 2.75) is 16.4 Å². The average molecular weight is 276 g/mol. The summed E-state index contributed by atoms with van der Waals surface area (Å²) in [6.07, 6.45) is -1.80. The number of nitrogens with one attached hydrogen (secondary N) is 1. The Hall–Kier alpha value is -1.77. The van der Waals surface area contributed by atoms with Crippen LogP contribution in [0.2, 0.25) is 0 Å². The Bertz CT molecular complexity index is 529.